The van der Waals surface area contributed by atoms with E-state index in [9.17, 15) is 5.11 Å². The zero-order valence-electron chi connectivity index (χ0n) is 11.9. The molecule has 2 N–H and O–H groups in total. The number of fused-ring (bicyclic) bond motifs is 1. The first-order valence-corrected chi connectivity index (χ1v) is 6.62. The molecule has 1 fully saturated rings. The van der Waals surface area contributed by atoms with Crippen molar-refractivity contribution in [1.29, 1.82) is 0 Å². The van der Waals surface area contributed by atoms with Gasteiger partial charge in [-0.1, -0.05) is 0 Å². The first-order chi connectivity index (χ1) is 10.2. The Labute approximate surface area is 121 Å². The van der Waals surface area contributed by atoms with Crippen LogP contribution in [0.4, 0.5) is 5.82 Å². The van der Waals surface area contributed by atoms with Crippen molar-refractivity contribution in [3.05, 3.63) is 18.5 Å². The van der Waals surface area contributed by atoms with Crippen LogP contribution in [-0.4, -0.2) is 54.7 Å². The third kappa shape index (κ3) is 2.45. The summed E-state index contributed by atoms with van der Waals surface area (Å²) >= 11 is 0. The number of benzene rings is 1. The zero-order chi connectivity index (χ0) is 14.8. The van der Waals surface area contributed by atoms with E-state index in [1.54, 1.807) is 20.3 Å². The average molecular weight is 291 g/mol. The van der Waals surface area contributed by atoms with Gasteiger partial charge in [0.2, 0.25) is 0 Å². The third-order valence-electron chi connectivity index (χ3n) is 3.52. The monoisotopic (exact) mass is 291 g/mol. The number of hydrogen-bond acceptors (Lipinski definition) is 7. The van der Waals surface area contributed by atoms with Crippen LogP contribution >= 0.6 is 0 Å². The standard InChI is InChI=1S/C14H17N3O4/c1-19-11-4-3-8-12(13(11)20-2)15-7-16-14(8)17-9-5-21-6-10(9)18/h3-4,7,9-10,18H,5-6H2,1-2H3,(H,15,16,17)/t9?,10-/m0/s1. The third-order valence-corrected chi connectivity index (χ3v) is 3.52. The van der Waals surface area contributed by atoms with E-state index >= 15 is 0 Å². The second kappa shape index (κ2) is 5.71. The molecule has 0 amide bonds. The van der Waals surface area contributed by atoms with Gasteiger partial charge in [0.25, 0.3) is 0 Å². The Bertz CT molecular complexity index is 649. The van der Waals surface area contributed by atoms with Crippen molar-refractivity contribution >= 4 is 16.7 Å². The fourth-order valence-corrected chi connectivity index (χ4v) is 2.42. The Morgan fingerprint density at radius 2 is 2.10 bits per heavy atom. The van der Waals surface area contributed by atoms with Crippen molar-refractivity contribution in [3.63, 3.8) is 0 Å². The number of rotatable bonds is 4. The van der Waals surface area contributed by atoms with Crippen molar-refractivity contribution < 1.29 is 19.3 Å². The predicted octanol–water partition coefficient (Wildman–Crippen LogP) is 0.819. The molecule has 1 aromatic heterocycles. The summed E-state index contributed by atoms with van der Waals surface area (Å²) in [6.07, 6.45) is 0.907. The van der Waals surface area contributed by atoms with Crippen LogP contribution in [0.15, 0.2) is 18.5 Å². The highest BCUT2D eigenvalue weighted by molar-refractivity contribution is 5.94. The Balaban J connectivity index is 2.03. The van der Waals surface area contributed by atoms with Gasteiger partial charge in [-0.05, 0) is 12.1 Å². The van der Waals surface area contributed by atoms with Gasteiger partial charge in [-0.25, -0.2) is 9.97 Å². The molecule has 1 aliphatic heterocycles. The van der Waals surface area contributed by atoms with E-state index in [-0.39, 0.29) is 6.04 Å². The maximum Gasteiger partial charge on any atom is 0.187 e. The number of hydrogen-bond donors (Lipinski definition) is 2. The van der Waals surface area contributed by atoms with Crippen LogP contribution < -0.4 is 14.8 Å². The van der Waals surface area contributed by atoms with Gasteiger partial charge in [0, 0.05) is 5.39 Å². The smallest absolute Gasteiger partial charge is 0.187 e. The molecule has 2 atom stereocenters. The van der Waals surface area contributed by atoms with Gasteiger partial charge < -0.3 is 24.6 Å². The summed E-state index contributed by atoms with van der Waals surface area (Å²) in [5.74, 6) is 1.80. The van der Waals surface area contributed by atoms with Gasteiger partial charge in [0.05, 0.1) is 39.6 Å². The summed E-state index contributed by atoms with van der Waals surface area (Å²) in [6, 6.07) is 3.48. The summed E-state index contributed by atoms with van der Waals surface area (Å²) in [5.41, 5.74) is 0.655. The van der Waals surface area contributed by atoms with E-state index in [1.165, 1.54) is 6.33 Å². The van der Waals surface area contributed by atoms with Gasteiger partial charge in [0.15, 0.2) is 11.5 Å². The average Bonchev–Trinajstić information content (AvgIpc) is 2.91. The minimum Gasteiger partial charge on any atom is -0.493 e. The lowest BCUT2D eigenvalue weighted by atomic mass is 10.1. The number of nitrogens with one attached hydrogen (secondary N) is 1. The highest BCUT2D eigenvalue weighted by Gasteiger charge is 2.27. The second-order valence-corrected chi connectivity index (χ2v) is 4.78. The lowest BCUT2D eigenvalue weighted by Gasteiger charge is -2.17. The van der Waals surface area contributed by atoms with Gasteiger partial charge in [0.1, 0.15) is 17.7 Å². The normalized spacial score (nSPS) is 21.5. The number of aromatic nitrogens is 2. The maximum atomic E-state index is 9.83. The molecular weight excluding hydrogens is 274 g/mol. The summed E-state index contributed by atoms with van der Waals surface area (Å²) < 4.78 is 15.9. The maximum absolute atomic E-state index is 9.83. The molecule has 0 spiro atoms. The molecule has 0 saturated carbocycles. The largest absolute Gasteiger partial charge is 0.493 e. The molecule has 0 bridgehead atoms. The molecule has 0 radical (unpaired) electrons. The van der Waals surface area contributed by atoms with Crippen LogP contribution in [0.3, 0.4) is 0 Å². The number of aliphatic hydroxyl groups is 1. The van der Waals surface area contributed by atoms with Crippen molar-refractivity contribution in [3.8, 4) is 11.5 Å². The van der Waals surface area contributed by atoms with E-state index in [1.807, 2.05) is 6.07 Å². The molecule has 0 aliphatic carbocycles. The fourth-order valence-electron chi connectivity index (χ4n) is 2.42. The molecule has 1 aromatic carbocycles. The highest BCUT2D eigenvalue weighted by Crippen LogP contribution is 2.36. The Hall–Kier alpha value is -2.12. The molecule has 7 nitrogen and oxygen atoms in total. The SMILES string of the molecule is COc1ccc2c(NC3COC[C@@H]3O)ncnc2c1OC. The van der Waals surface area contributed by atoms with Crippen molar-refractivity contribution in [2.45, 2.75) is 12.1 Å². The first-order valence-electron chi connectivity index (χ1n) is 6.62. The van der Waals surface area contributed by atoms with Crippen LogP contribution in [0.2, 0.25) is 0 Å². The quantitative estimate of drug-likeness (QED) is 0.862. The predicted molar refractivity (Wildman–Crippen MR) is 76.9 cm³/mol. The van der Waals surface area contributed by atoms with Gasteiger partial charge in [-0.15, -0.1) is 0 Å². The molecule has 7 heteroatoms. The molecule has 1 aliphatic rings. The van der Waals surface area contributed by atoms with Gasteiger partial charge >= 0.3 is 0 Å². The molecule has 112 valence electrons. The van der Waals surface area contributed by atoms with E-state index in [0.29, 0.717) is 36.0 Å². The van der Waals surface area contributed by atoms with E-state index in [4.69, 9.17) is 14.2 Å². The topological polar surface area (TPSA) is 85.7 Å². The summed E-state index contributed by atoms with van der Waals surface area (Å²) in [7, 11) is 3.15. The van der Waals surface area contributed by atoms with Crippen LogP contribution in [0.5, 0.6) is 11.5 Å². The second-order valence-electron chi connectivity index (χ2n) is 4.78. The van der Waals surface area contributed by atoms with Crippen molar-refractivity contribution in [2.24, 2.45) is 0 Å². The lowest BCUT2D eigenvalue weighted by molar-refractivity contribution is 0.125. The Morgan fingerprint density at radius 1 is 1.24 bits per heavy atom. The molecular formula is C14H17N3O4. The summed E-state index contributed by atoms with van der Waals surface area (Å²) in [5, 5.41) is 13.8. The van der Waals surface area contributed by atoms with E-state index in [0.717, 1.165) is 5.39 Å². The highest BCUT2D eigenvalue weighted by atomic mass is 16.5. The summed E-state index contributed by atoms with van der Waals surface area (Å²) in [4.78, 5) is 8.52. The number of aliphatic hydroxyl groups excluding tert-OH is 1. The van der Waals surface area contributed by atoms with E-state index in [2.05, 4.69) is 15.3 Å². The molecule has 21 heavy (non-hydrogen) atoms. The van der Waals surface area contributed by atoms with Crippen molar-refractivity contribution in [1.82, 2.24) is 9.97 Å². The number of methoxy groups -OCH3 is 2. The van der Waals surface area contributed by atoms with Crippen LogP contribution in [0, 0.1) is 0 Å². The Kier molecular flexibility index (Phi) is 3.76. The molecule has 1 unspecified atom stereocenters. The van der Waals surface area contributed by atoms with Crippen molar-refractivity contribution in [2.75, 3.05) is 32.8 Å². The number of anilines is 1. The molecule has 2 heterocycles. The minimum absolute atomic E-state index is 0.184. The summed E-state index contributed by atoms with van der Waals surface area (Å²) in [6.45, 7) is 0.776. The number of nitrogens with zero attached hydrogens (tertiary/aromatic N) is 2. The molecule has 3 rings (SSSR count). The van der Waals surface area contributed by atoms with Gasteiger partial charge in [-0.2, -0.15) is 0 Å². The van der Waals surface area contributed by atoms with Gasteiger partial charge in [-0.3, -0.25) is 0 Å². The first kappa shape index (κ1) is 13.8. The van der Waals surface area contributed by atoms with Crippen LogP contribution in [0.25, 0.3) is 10.9 Å². The van der Waals surface area contributed by atoms with E-state index < -0.39 is 6.10 Å². The minimum atomic E-state index is -0.546. The number of ether oxygens (including phenoxy) is 3. The molecule has 1 saturated heterocycles. The zero-order valence-corrected chi connectivity index (χ0v) is 11.9. The fraction of sp³-hybridized carbons (Fsp3) is 0.429. The van der Waals surface area contributed by atoms with Crippen LogP contribution in [-0.2, 0) is 4.74 Å². The molecule has 2 aromatic rings. The Morgan fingerprint density at radius 3 is 2.76 bits per heavy atom. The van der Waals surface area contributed by atoms with Crippen LogP contribution in [0.1, 0.15) is 0 Å². The lowest BCUT2D eigenvalue weighted by Crippen LogP contribution is -2.32.